The number of benzene rings is 2. The number of nitrogens with zero attached hydrogens (tertiary/aromatic N) is 1. The minimum Gasteiger partial charge on any atom is -0.490 e. The van der Waals surface area contributed by atoms with Crippen LogP contribution in [0.3, 0.4) is 0 Å². The van der Waals surface area contributed by atoms with Crippen LogP contribution in [-0.2, 0) is 9.53 Å². The number of anilines is 1. The number of hydrogen-bond acceptors (Lipinski definition) is 4. The molecular weight excluding hydrogens is 415 g/mol. The van der Waals surface area contributed by atoms with Gasteiger partial charge in [-0.3, -0.25) is 9.59 Å². The van der Waals surface area contributed by atoms with Crippen molar-refractivity contribution < 1.29 is 19.1 Å². The molecule has 2 aromatic carbocycles. The van der Waals surface area contributed by atoms with Crippen LogP contribution in [0.15, 0.2) is 42.5 Å². The summed E-state index contributed by atoms with van der Waals surface area (Å²) in [7, 11) is 1.56. The van der Waals surface area contributed by atoms with Crippen LogP contribution in [0.2, 0.25) is 10.0 Å². The van der Waals surface area contributed by atoms with Crippen molar-refractivity contribution in [1.82, 2.24) is 4.90 Å². The molecule has 1 saturated heterocycles. The van der Waals surface area contributed by atoms with Gasteiger partial charge in [0.25, 0.3) is 5.91 Å². The van der Waals surface area contributed by atoms with E-state index < -0.39 is 0 Å². The van der Waals surface area contributed by atoms with Crippen LogP contribution in [-0.4, -0.2) is 49.6 Å². The van der Waals surface area contributed by atoms with Gasteiger partial charge in [0, 0.05) is 19.3 Å². The first kappa shape index (κ1) is 21.4. The molecule has 2 aromatic rings. The Morgan fingerprint density at radius 1 is 1.21 bits per heavy atom. The van der Waals surface area contributed by atoms with Gasteiger partial charge >= 0.3 is 0 Å². The van der Waals surface area contributed by atoms with Crippen LogP contribution in [0, 0.1) is 0 Å². The summed E-state index contributed by atoms with van der Waals surface area (Å²) in [6, 6.07) is 11.8. The second-order valence-electron chi connectivity index (χ2n) is 6.78. The fraction of sp³-hybridized carbons (Fsp3) is 0.333. The van der Waals surface area contributed by atoms with E-state index in [9.17, 15) is 9.59 Å². The Kier molecular flexibility index (Phi) is 7.36. The van der Waals surface area contributed by atoms with Crippen LogP contribution >= 0.6 is 23.2 Å². The lowest BCUT2D eigenvalue weighted by molar-refractivity contribution is -0.116. The number of carbonyl (C=O) groups is 2. The molecule has 2 amide bonds. The first-order valence-electron chi connectivity index (χ1n) is 9.28. The highest BCUT2D eigenvalue weighted by Crippen LogP contribution is 2.25. The number of halogens is 2. The van der Waals surface area contributed by atoms with Crippen LogP contribution in [0.25, 0.3) is 0 Å². The number of carbonyl (C=O) groups excluding carboxylic acids is 2. The minimum absolute atomic E-state index is 0.0489. The summed E-state index contributed by atoms with van der Waals surface area (Å²) in [5.41, 5.74) is 0.904. The van der Waals surface area contributed by atoms with Crippen molar-refractivity contribution in [2.24, 2.45) is 0 Å². The summed E-state index contributed by atoms with van der Waals surface area (Å²) in [5, 5.41) is 3.44. The Balaban J connectivity index is 1.60. The molecule has 1 heterocycles. The van der Waals surface area contributed by atoms with Crippen LogP contribution in [0.5, 0.6) is 5.75 Å². The molecule has 8 heteroatoms. The first-order valence-corrected chi connectivity index (χ1v) is 10.0. The van der Waals surface area contributed by atoms with Crippen molar-refractivity contribution >= 4 is 40.7 Å². The Morgan fingerprint density at radius 2 is 2.00 bits per heavy atom. The number of para-hydroxylation sites is 1. The maximum absolute atomic E-state index is 12.8. The lowest BCUT2D eigenvalue weighted by Gasteiger charge is -2.19. The van der Waals surface area contributed by atoms with E-state index in [2.05, 4.69) is 5.32 Å². The minimum atomic E-state index is -0.350. The second kappa shape index (κ2) is 9.96. The summed E-state index contributed by atoms with van der Waals surface area (Å²) >= 11 is 11.8. The van der Waals surface area contributed by atoms with E-state index in [1.165, 1.54) is 4.90 Å². The van der Waals surface area contributed by atoms with Gasteiger partial charge in [0.15, 0.2) is 0 Å². The predicted octanol–water partition coefficient (Wildman–Crippen LogP) is 4.26. The summed E-state index contributed by atoms with van der Waals surface area (Å²) < 4.78 is 11.4. The summed E-state index contributed by atoms with van der Waals surface area (Å²) in [6.45, 7) is 1.01. The van der Waals surface area contributed by atoms with Crippen LogP contribution < -0.4 is 10.1 Å². The van der Waals surface area contributed by atoms with E-state index >= 15 is 0 Å². The summed E-state index contributed by atoms with van der Waals surface area (Å²) in [5.74, 6) is -0.182. The molecule has 29 heavy (non-hydrogen) atoms. The van der Waals surface area contributed by atoms with E-state index in [0.717, 1.165) is 19.4 Å². The van der Waals surface area contributed by atoms with E-state index in [0.29, 0.717) is 33.7 Å². The number of ether oxygens (including phenoxy) is 2. The van der Waals surface area contributed by atoms with Gasteiger partial charge in [0.2, 0.25) is 5.91 Å². The molecule has 6 nitrogen and oxygen atoms in total. The maximum Gasteiger partial charge on any atom is 0.257 e. The normalized spacial score (nSPS) is 15.8. The molecular formula is C21H22Cl2N2O4. The van der Waals surface area contributed by atoms with Gasteiger partial charge in [-0.1, -0.05) is 35.3 Å². The monoisotopic (exact) mass is 436 g/mol. The molecule has 0 saturated carbocycles. The van der Waals surface area contributed by atoms with Gasteiger partial charge in [-0.25, -0.2) is 0 Å². The van der Waals surface area contributed by atoms with E-state index in [-0.39, 0.29) is 24.5 Å². The SMILES string of the molecule is CN(CC(=O)Nc1ccc(Cl)c(Cl)c1)C(=O)c1ccccc1OC[C@H]1CCCO1. The zero-order valence-corrected chi connectivity index (χ0v) is 17.5. The lowest BCUT2D eigenvalue weighted by Crippen LogP contribution is -2.35. The van der Waals surface area contributed by atoms with Gasteiger partial charge in [-0.2, -0.15) is 0 Å². The fourth-order valence-electron chi connectivity index (χ4n) is 2.99. The Labute approximate surface area is 179 Å². The van der Waals surface area contributed by atoms with E-state index in [1.54, 1.807) is 49.5 Å². The number of amides is 2. The van der Waals surface area contributed by atoms with Gasteiger partial charge in [0.1, 0.15) is 12.4 Å². The third kappa shape index (κ3) is 5.85. The van der Waals surface area contributed by atoms with Crippen molar-refractivity contribution in [3.8, 4) is 5.75 Å². The van der Waals surface area contributed by atoms with Gasteiger partial charge in [-0.15, -0.1) is 0 Å². The third-order valence-electron chi connectivity index (χ3n) is 4.50. The average Bonchev–Trinajstić information content (AvgIpc) is 3.22. The number of likely N-dealkylation sites (N-methyl/N-ethyl adjacent to an activating group) is 1. The molecule has 1 N–H and O–H groups in total. The molecule has 3 rings (SSSR count). The number of nitrogens with one attached hydrogen (secondary N) is 1. The van der Waals surface area contributed by atoms with Gasteiger partial charge in [0.05, 0.1) is 28.3 Å². The zero-order valence-electron chi connectivity index (χ0n) is 16.0. The lowest BCUT2D eigenvalue weighted by atomic mass is 10.1. The third-order valence-corrected chi connectivity index (χ3v) is 5.24. The fourth-order valence-corrected chi connectivity index (χ4v) is 3.29. The molecule has 0 radical (unpaired) electrons. The predicted molar refractivity (Wildman–Crippen MR) is 113 cm³/mol. The molecule has 1 aliphatic heterocycles. The average molecular weight is 437 g/mol. The Bertz CT molecular complexity index is 885. The molecule has 0 bridgehead atoms. The van der Waals surface area contributed by atoms with Crippen LogP contribution in [0.1, 0.15) is 23.2 Å². The molecule has 0 spiro atoms. The molecule has 154 valence electrons. The van der Waals surface area contributed by atoms with Gasteiger partial charge in [-0.05, 0) is 43.2 Å². The first-order chi connectivity index (χ1) is 13.9. The largest absolute Gasteiger partial charge is 0.490 e. The van der Waals surface area contributed by atoms with Gasteiger partial charge < -0.3 is 19.7 Å². The van der Waals surface area contributed by atoms with Crippen molar-refractivity contribution in [3.05, 3.63) is 58.1 Å². The topological polar surface area (TPSA) is 67.9 Å². The molecule has 1 fully saturated rings. The molecule has 1 aliphatic rings. The van der Waals surface area contributed by atoms with Crippen molar-refractivity contribution in [2.75, 3.05) is 32.1 Å². The highest BCUT2D eigenvalue weighted by molar-refractivity contribution is 6.42. The van der Waals surface area contributed by atoms with Crippen molar-refractivity contribution in [3.63, 3.8) is 0 Å². The zero-order chi connectivity index (χ0) is 20.8. The van der Waals surface area contributed by atoms with Crippen molar-refractivity contribution in [2.45, 2.75) is 18.9 Å². The summed E-state index contributed by atoms with van der Waals surface area (Å²) in [6.07, 6.45) is 2.02. The Hall–Kier alpha value is -2.28. The summed E-state index contributed by atoms with van der Waals surface area (Å²) in [4.78, 5) is 26.5. The highest BCUT2D eigenvalue weighted by atomic mass is 35.5. The standard InChI is InChI=1S/C21H22Cl2N2O4/c1-25(12-20(26)24-14-8-9-17(22)18(23)11-14)21(27)16-6-2-3-7-19(16)29-13-15-5-4-10-28-15/h2-3,6-9,11,15H,4-5,10,12-13H2,1H3,(H,24,26)/t15-/m1/s1. The Morgan fingerprint density at radius 3 is 2.72 bits per heavy atom. The molecule has 0 aliphatic carbocycles. The van der Waals surface area contributed by atoms with E-state index in [4.69, 9.17) is 32.7 Å². The maximum atomic E-state index is 12.8. The van der Waals surface area contributed by atoms with E-state index in [1.807, 2.05) is 0 Å². The quantitative estimate of drug-likeness (QED) is 0.703. The number of hydrogen-bond donors (Lipinski definition) is 1. The van der Waals surface area contributed by atoms with Crippen LogP contribution in [0.4, 0.5) is 5.69 Å². The molecule has 1 atom stereocenters. The second-order valence-corrected chi connectivity index (χ2v) is 7.59. The number of rotatable bonds is 7. The van der Waals surface area contributed by atoms with Crippen molar-refractivity contribution in [1.29, 1.82) is 0 Å². The molecule has 0 unspecified atom stereocenters. The molecule has 0 aromatic heterocycles. The smallest absolute Gasteiger partial charge is 0.257 e. The highest BCUT2D eigenvalue weighted by Gasteiger charge is 2.21.